The first kappa shape index (κ1) is 28.4. The Balaban J connectivity index is 4.54. The highest BCUT2D eigenvalue weighted by molar-refractivity contribution is 5.88. The molecule has 1 amide bonds. The van der Waals surface area contributed by atoms with Crippen LogP contribution in [-0.2, 0) is 4.79 Å². The molecule has 4 heteroatoms. The molecule has 2 N–H and O–H groups in total. The topological polar surface area (TPSA) is 60.8 Å². The normalized spacial score (nSPS) is 15.0. The SMILES string of the molecule is CCC(O)N(C(=O)C=C(C)CCC=C(C)CCC=C(C)CCC=C(C)C)C(O)CC. The van der Waals surface area contributed by atoms with Crippen LogP contribution < -0.4 is 0 Å². The van der Waals surface area contributed by atoms with Gasteiger partial charge in [0.1, 0.15) is 12.5 Å². The summed E-state index contributed by atoms with van der Waals surface area (Å²) in [6.07, 6.45) is 13.3. The van der Waals surface area contributed by atoms with E-state index in [1.807, 2.05) is 6.92 Å². The average molecular weight is 420 g/mol. The predicted octanol–water partition coefficient (Wildman–Crippen LogP) is 6.42. The maximum Gasteiger partial charge on any atom is 0.250 e. The van der Waals surface area contributed by atoms with Gasteiger partial charge in [0.15, 0.2) is 0 Å². The molecule has 0 rings (SSSR count). The number of rotatable bonds is 14. The lowest BCUT2D eigenvalue weighted by molar-refractivity contribution is -0.155. The van der Waals surface area contributed by atoms with E-state index in [1.54, 1.807) is 19.9 Å². The minimum atomic E-state index is -0.961. The number of hydrogen-bond donors (Lipinski definition) is 2. The van der Waals surface area contributed by atoms with Crippen molar-refractivity contribution >= 4 is 5.91 Å². The molecule has 2 unspecified atom stereocenters. The molecule has 0 spiro atoms. The van der Waals surface area contributed by atoms with Crippen LogP contribution in [0.1, 0.15) is 99.8 Å². The lowest BCUT2D eigenvalue weighted by Gasteiger charge is -2.30. The van der Waals surface area contributed by atoms with Gasteiger partial charge >= 0.3 is 0 Å². The maximum atomic E-state index is 12.5. The van der Waals surface area contributed by atoms with Crippen molar-refractivity contribution in [2.75, 3.05) is 0 Å². The van der Waals surface area contributed by atoms with Crippen molar-refractivity contribution in [1.82, 2.24) is 4.90 Å². The Bertz CT molecular complexity index is 614. The van der Waals surface area contributed by atoms with Crippen LogP contribution in [0.15, 0.2) is 46.6 Å². The highest BCUT2D eigenvalue weighted by Gasteiger charge is 2.24. The smallest absolute Gasteiger partial charge is 0.250 e. The minimum absolute atomic E-state index is 0.328. The Kier molecular flexibility index (Phi) is 15.2. The molecule has 30 heavy (non-hydrogen) atoms. The van der Waals surface area contributed by atoms with Crippen molar-refractivity contribution in [3.05, 3.63) is 46.6 Å². The number of nitrogens with zero attached hydrogens (tertiary/aromatic N) is 1. The van der Waals surface area contributed by atoms with Gasteiger partial charge in [0.05, 0.1) is 0 Å². The Morgan fingerprint density at radius 2 is 1.13 bits per heavy atom. The van der Waals surface area contributed by atoms with Gasteiger partial charge in [0, 0.05) is 6.08 Å². The van der Waals surface area contributed by atoms with E-state index in [0.29, 0.717) is 12.8 Å². The molecule has 0 aliphatic rings. The monoisotopic (exact) mass is 419 g/mol. The first-order chi connectivity index (χ1) is 14.1. The Labute approximate surface area is 185 Å². The van der Waals surface area contributed by atoms with Crippen LogP contribution in [0.3, 0.4) is 0 Å². The van der Waals surface area contributed by atoms with E-state index in [-0.39, 0.29) is 5.91 Å². The van der Waals surface area contributed by atoms with Crippen molar-refractivity contribution in [2.24, 2.45) is 0 Å². The van der Waals surface area contributed by atoms with Gasteiger partial charge in [-0.05, 0) is 86.0 Å². The fourth-order valence-electron chi connectivity index (χ4n) is 3.13. The van der Waals surface area contributed by atoms with Crippen LogP contribution in [-0.4, -0.2) is 33.5 Å². The third-order valence-corrected chi connectivity index (χ3v) is 5.15. The summed E-state index contributed by atoms with van der Waals surface area (Å²) in [6, 6.07) is 0. The van der Waals surface area contributed by atoms with Gasteiger partial charge in [-0.3, -0.25) is 9.69 Å². The first-order valence-corrected chi connectivity index (χ1v) is 11.4. The highest BCUT2D eigenvalue weighted by Crippen LogP contribution is 2.15. The molecule has 0 saturated heterocycles. The lowest BCUT2D eigenvalue weighted by atomic mass is 10.0. The Morgan fingerprint density at radius 1 is 0.733 bits per heavy atom. The summed E-state index contributed by atoms with van der Waals surface area (Å²) in [5, 5.41) is 20.1. The van der Waals surface area contributed by atoms with Crippen LogP contribution >= 0.6 is 0 Å². The second-order valence-electron chi connectivity index (χ2n) is 8.51. The second-order valence-corrected chi connectivity index (χ2v) is 8.51. The molecule has 0 aromatic heterocycles. The Morgan fingerprint density at radius 3 is 1.53 bits per heavy atom. The summed E-state index contributed by atoms with van der Waals surface area (Å²) in [4.78, 5) is 13.6. The predicted molar refractivity (Wildman–Crippen MR) is 128 cm³/mol. The van der Waals surface area contributed by atoms with Crippen LogP contribution in [0.4, 0.5) is 0 Å². The third kappa shape index (κ3) is 12.8. The van der Waals surface area contributed by atoms with Crippen LogP contribution in [0.25, 0.3) is 0 Å². The van der Waals surface area contributed by atoms with Gasteiger partial charge in [-0.15, -0.1) is 0 Å². The van der Waals surface area contributed by atoms with Crippen molar-refractivity contribution in [1.29, 1.82) is 0 Å². The van der Waals surface area contributed by atoms with Gasteiger partial charge in [-0.2, -0.15) is 0 Å². The maximum absolute atomic E-state index is 12.5. The van der Waals surface area contributed by atoms with Gasteiger partial charge in [0.25, 0.3) is 5.91 Å². The van der Waals surface area contributed by atoms with Crippen molar-refractivity contribution in [3.8, 4) is 0 Å². The van der Waals surface area contributed by atoms with E-state index < -0.39 is 12.5 Å². The van der Waals surface area contributed by atoms with Crippen LogP contribution in [0.2, 0.25) is 0 Å². The van der Waals surface area contributed by atoms with E-state index in [4.69, 9.17) is 0 Å². The minimum Gasteiger partial charge on any atom is -0.373 e. The molecule has 0 aromatic rings. The van der Waals surface area contributed by atoms with E-state index in [2.05, 4.69) is 45.9 Å². The third-order valence-electron chi connectivity index (χ3n) is 5.15. The van der Waals surface area contributed by atoms with Gasteiger partial charge in [0.2, 0.25) is 0 Å². The van der Waals surface area contributed by atoms with E-state index >= 15 is 0 Å². The molecule has 0 aliphatic heterocycles. The van der Waals surface area contributed by atoms with Gasteiger partial charge < -0.3 is 10.2 Å². The molecule has 4 nitrogen and oxygen atoms in total. The van der Waals surface area contributed by atoms with E-state index in [1.165, 1.54) is 16.7 Å². The number of aliphatic hydroxyl groups is 2. The van der Waals surface area contributed by atoms with Gasteiger partial charge in [-0.1, -0.05) is 54.4 Å². The molecule has 0 bridgehead atoms. The second kappa shape index (κ2) is 16.1. The largest absolute Gasteiger partial charge is 0.373 e. The zero-order valence-electron chi connectivity index (χ0n) is 20.4. The number of hydrogen-bond acceptors (Lipinski definition) is 3. The van der Waals surface area contributed by atoms with Crippen LogP contribution in [0.5, 0.6) is 0 Å². The molecule has 0 fully saturated rings. The summed E-state index contributed by atoms with van der Waals surface area (Å²) in [6.45, 7) is 14.1. The number of aliphatic hydroxyl groups excluding tert-OH is 2. The van der Waals surface area contributed by atoms with Gasteiger partial charge in [-0.25, -0.2) is 0 Å². The summed E-state index contributed by atoms with van der Waals surface area (Å²) >= 11 is 0. The zero-order chi connectivity index (χ0) is 23.1. The molecule has 172 valence electrons. The first-order valence-electron chi connectivity index (χ1n) is 11.4. The van der Waals surface area contributed by atoms with Crippen molar-refractivity contribution in [3.63, 3.8) is 0 Å². The molecular formula is C26H45NO3. The van der Waals surface area contributed by atoms with Crippen molar-refractivity contribution < 1.29 is 15.0 Å². The number of allylic oxidation sites excluding steroid dienone is 7. The van der Waals surface area contributed by atoms with Crippen molar-refractivity contribution in [2.45, 2.75) is 112 Å². The lowest BCUT2D eigenvalue weighted by Crippen LogP contribution is -2.46. The summed E-state index contributed by atoms with van der Waals surface area (Å²) < 4.78 is 0. The summed E-state index contributed by atoms with van der Waals surface area (Å²) in [7, 11) is 0. The summed E-state index contributed by atoms with van der Waals surface area (Å²) in [5.74, 6) is -0.328. The molecule has 0 saturated carbocycles. The molecule has 0 heterocycles. The standard InChI is InChI=1S/C26H45NO3/c1-8-24(28)27(25(29)9-2)26(30)19-23(7)18-12-17-22(6)16-11-15-21(5)14-10-13-20(3)4/h13,15,17,19,24-25,28-29H,8-12,14,16,18H2,1-7H3. The number of amides is 1. The number of carbonyl (C=O) groups is 1. The Hall–Kier alpha value is -1.65. The zero-order valence-corrected chi connectivity index (χ0v) is 20.4. The molecule has 0 aromatic carbocycles. The van der Waals surface area contributed by atoms with Crippen LogP contribution in [0, 0.1) is 0 Å². The summed E-state index contributed by atoms with van der Waals surface area (Å²) in [5.41, 5.74) is 5.15. The molecule has 0 radical (unpaired) electrons. The quantitative estimate of drug-likeness (QED) is 0.194. The van der Waals surface area contributed by atoms with E-state index in [0.717, 1.165) is 49.0 Å². The fraction of sp³-hybridized carbons (Fsp3) is 0.654. The molecule has 2 atom stereocenters. The van der Waals surface area contributed by atoms with E-state index in [9.17, 15) is 15.0 Å². The molecular weight excluding hydrogens is 374 g/mol. The fourth-order valence-corrected chi connectivity index (χ4v) is 3.13. The average Bonchev–Trinajstić information content (AvgIpc) is 2.67. The number of carbonyl (C=O) groups excluding carboxylic acids is 1. The highest BCUT2D eigenvalue weighted by atomic mass is 16.3. The molecule has 0 aliphatic carbocycles.